The summed E-state index contributed by atoms with van der Waals surface area (Å²) in [4.78, 5) is 10.5. The third-order valence-electron chi connectivity index (χ3n) is 1.17. The van der Waals surface area contributed by atoms with Crippen LogP contribution in [0.25, 0.3) is 0 Å². The molecule has 0 radical (unpaired) electrons. The molecule has 9 heavy (non-hydrogen) atoms. The molecule has 0 aliphatic carbocycles. The highest BCUT2D eigenvalue weighted by Crippen LogP contribution is 2.04. The van der Waals surface area contributed by atoms with Gasteiger partial charge >= 0.3 is 6.09 Å². The Labute approximate surface area is 52.5 Å². The Kier molecular flexibility index (Phi) is 1.54. The molecule has 0 saturated carbocycles. The van der Waals surface area contributed by atoms with Crippen molar-refractivity contribution < 1.29 is 9.53 Å². The summed E-state index contributed by atoms with van der Waals surface area (Å²) in [6, 6.07) is 0. The van der Waals surface area contributed by atoms with Gasteiger partial charge in [0.15, 0.2) is 0 Å². The van der Waals surface area contributed by atoms with Crippen LogP contribution in [-0.4, -0.2) is 30.3 Å². The zero-order chi connectivity index (χ0) is 6.85. The molecule has 0 bridgehead atoms. The second-order valence-electron chi connectivity index (χ2n) is 1.89. The Morgan fingerprint density at radius 2 is 2.56 bits per heavy atom. The van der Waals surface area contributed by atoms with Crippen LogP contribution in [0.4, 0.5) is 4.79 Å². The molecule has 1 saturated heterocycles. The maximum atomic E-state index is 10.5. The molecule has 1 heterocycles. The van der Waals surface area contributed by atoms with Crippen molar-refractivity contribution in [1.82, 2.24) is 5.01 Å². The van der Waals surface area contributed by atoms with E-state index in [1.54, 1.807) is 0 Å². The Morgan fingerprint density at radius 3 is 2.78 bits per heavy atom. The molecular weight excluding hydrogens is 122 g/mol. The molecule has 1 amide bonds. The predicted octanol–water partition coefficient (Wildman–Crippen LogP) is -1.36. The molecule has 0 aromatic heterocycles. The number of rotatable bonds is 1. The van der Waals surface area contributed by atoms with Crippen molar-refractivity contribution in [1.29, 1.82) is 0 Å². The summed E-state index contributed by atoms with van der Waals surface area (Å²) >= 11 is 0. The van der Waals surface area contributed by atoms with Crippen LogP contribution in [0, 0.1) is 0 Å². The maximum absolute atomic E-state index is 10.5. The zero-order valence-electron chi connectivity index (χ0n) is 4.91. The fraction of sp³-hybridized carbons (Fsp3) is 0.750. The topological polar surface area (TPSA) is 81.6 Å². The number of nitrogens with two attached hydrogens (primary N) is 2. The smallest absolute Gasteiger partial charge is 0.424 e. The van der Waals surface area contributed by atoms with E-state index in [-0.39, 0.29) is 6.10 Å². The van der Waals surface area contributed by atoms with Crippen LogP contribution in [0.2, 0.25) is 0 Å². The number of carbonyl (C=O) groups is 1. The van der Waals surface area contributed by atoms with Crippen molar-refractivity contribution in [3.8, 4) is 0 Å². The van der Waals surface area contributed by atoms with E-state index >= 15 is 0 Å². The SMILES string of the molecule is NCC1CN(N)C(=O)O1. The van der Waals surface area contributed by atoms with E-state index < -0.39 is 6.09 Å². The standard InChI is InChI=1S/C4H9N3O2/c5-1-3-2-7(6)4(8)9-3/h3H,1-2,5-6H2. The molecule has 5 nitrogen and oxygen atoms in total. The van der Waals surface area contributed by atoms with Crippen LogP contribution in [0.3, 0.4) is 0 Å². The van der Waals surface area contributed by atoms with Gasteiger partial charge in [0.1, 0.15) is 6.10 Å². The van der Waals surface area contributed by atoms with Gasteiger partial charge in [-0.2, -0.15) is 0 Å². The van der Waals surface area contributed by atoms with Gasteiger partial charge in [0.2, 0.25) is 0 Å². The molecule has 5 heteroatoms. The molecule has 1 aliphatic rings. The van der Waals surface area contributed by atoms with Crippen LogP contribution in [0.15, 0.2) is 0 Å². The van der Waals surface area contributed by atoms with E-state index in [0.717, 1.165) is 5.01 Å². The zero-order valence-corrected chi connectivity index (χ0v) is 4.91. The van der Waals surface area contributed by atoms with Gasteiger partial charge < -0.3 is 10.5 Å². The fourth-order valence-corrected chi connectivity index (χ4v) is 0.664. The summed E-state index contributed by atoms with van der Waals surface area (Å²) in [5.74, 6) is 5.15. The molecule has 0 spiro atoms. The molecule has 1 rings (SSSR count). The molecule has 1 unspecified atom stereocenters. The summed E-state index contributed by atoms with van der Waals surface area (Å²) in [5, 5.41) is 1.01. The van der Waals surface area contributed by atoms with Gasteiger partial charge in [0.25, 0.3) is 0 Å². The first-order valence-electron chi connectivity index (χ1n) is 2.67. The van der Waals surface area contributed by atoms with Gasteiger partial charge in [0, 0.05) is 6.54 Å². The Hall–Kier alpha value is -0.810. The predicted molar refractivity (Wildman–Crippen MR) is 30.2 cm³/mol. The number of cyclic esters (lactones) is 1. The monoisotopic (exact) mass is 131 g/mol. The number of amides is 1. The first-order chi connectivity index (χ1) is 4.24. The van der Waals surface area contributed by atoms with Crippen molar-refractivity contribution in [2.75, 3.05) is 13.1 Å². The average Bonchev–Trinajstić information content (AvgIpc) is 2.13. The highest BCUT2D eigenvalue weighted by atomic mass is 16.6. The molecule has 4 N–H and O–H groups in total. The summed E-state index contributed by atoms with van der Waals surface area (Å²) in [5.41, 5.74) is 5.20. The minimum atomic E-state index is -0.495. The lowest BCUT2D eigenvalue weighted by atomic mass is 10.4. The Bertz CT molecular complexity index is 127. The summed E-state index contributed by atoms with van der Waals surface area (Å²) in [6.07, 6.45) is -0.715. The Morgan fingerprint density at radius 1 is 1.89 bits per heavy atom. The van der Waals surface area contributed by atoms with Crippen LogP contribution in [-0.2, 0) is 4.74 Å². The van der Waals surface area contributed by atoms with E-state index in [1.165, 1.54) is 0 Å². The largest absolute Gasteiger partial charge is 0.442 e. The minimum Gasteiger partial charge on any atom is -0.442 e. The lowest BCUT2D eigenvalue weighted by Crippen LogP contribution is -2.33. The summed E-state index contributed by atoms with van der Waals surface area (Å²) in [6.45, 7) is 0.731. The number of hydrogen-bond acceptors (Lipinski definition) is 4. The molecule has 1 fully saturated rings. The van der Waals surface area contributed by atoms with Crippen molar-refractivity contribution in [3.63, 3.8) is 0 Å². The molecule has 1 aliphatic heterocycles. The second kappa shape index (κ2) is 2.20. The quantitative estimate of drug-likeness (QED) is 0.340. The average molecular weight is 131 g/mol. The van der Waals surface area contributed by atoms with Gasteiger partial charge in [-0.05, 0) is 0 Å². The number of hydrazine groups is 1. The van der Waals surface area contributed by atoms with Crippen LogP contribution < -0.4 is 11.6 Å². The third kappa shape index (κ3) is 1.11. The Balaban J connectivity index is 2.44. The second-order valence-corrected chi connectivity index (χ2v) is 1.89. The van der Waals surface area contributed by atoms with Crippen LogP contribution in [0.1, 0.15) is 0 Å². The van der Waals surface area contributed by atoms with Crippen molar-refractivity contribution in [3.05, 3.63) is 0 Å². The summed E-state index contributed by atoms with van der Waals surface area (Å²) < 4.78 is 4.66. The van der Waals surface area contributed by atoms with E-state index in [0.29, 0.717) is 13.1 Å². The maximum Gasteiger partial charge on any atom is 0.424 e. The van der Waals surface area contributed by atoms with Crippen molar-refractivity contribution in [2.45, 2.75) is 6.10 Å². The lowest BCUT2D eigenvalue weighted by molar-refractivity contribution is 0.135. The number of carbonyl (C=O) groups excluding carboxylic acids is 1. The minimum absolute atomic E-state index is 0.220. The molecular formula is C4H9N3O2. The first-order valence-corrected chi connectivity index (χ1v) is 2.67. The normalized spacial score (nSPS) is 26.7. The van der Waals surface area contributed by atoms with Gasteiger partial charge in [-0.3, -0.25) is 0 Å². The van der Waals surface area contributed by atoms with Crippen LogP contribution >= 0.6 is 0 Å². The van der Waals surface area contributed by atoms with Crippen molar-refractivity contribution in [2.24, 2.45) is 11.6 Å². The first kappa shape index (κ1) is 6.31. The number of hydrogen-bond donors (Lipinski definition) is 2. The van der Waals surface area contributed by atoms with Crippen LogP contribution in [0.5, 0.6) is 0 Å². The molecule has 0 aromatic rings. The van der Waals surface area contributed by atoms with Gasteiger partial charge in [-0.15, -0.1) is 0 Å². The third-order valence-corrected chi connectivity index (χ3v) is 1.17. The number of ether oxygens (including phenoxy) is 1. The molecule has 0 aromatic carbocycles. The fourth-order valence-electron chi connectivity index (χ4n) is 0.664. The summed E-state index contributed by atoms with van der Waals surface area (Å²) in [7, 11) is 0. The molecule has 1 atom stereocenters. The van der Waals surface area contributed by atoms with E-state index in [2.05, 4.69) is 4.74 Å². The van der Waals surface area contributed by atoms with Crippen molar-refractivity contribution >= 4 is 6.09 Å². The van der Waals surface area contributed by atoms with Gasteiger partial charge in [-0.25, -0.2) is 15.6 Å². The van der Waals surface area contributed by atoms with E-state index in [9.17, 15) is 4.79 Å². The highest BCUT2D eigenvalue weighted by molar-refractivity contribution is 5.68. The molecule has 52 valence electrons. The van der Waals surface area contributed by atoms with Gasteiger partial charge in [-0.1, -0.05) is 0 Å². The van der Waals surface area contributed by atoms with Gasteiger partial charge in [0.05, 0.1) is 6.54 Å². The lowest BCUT2D eigenvalue weighted by Gasteiger charge is -2.00. The number of nitrogens with zero attached hydrogens (tertiary/aromatic N) is 1. The van der Waals surface area contributed by atoms with E-state index in [1.807, 2.05) is 0 Å². The van der Waals surface area contributed by atoms with E-state index in [4.69, 9.17) is 11.6 Å². The highest BCUT2D eigenvalue weighted by Gasteiger charge is 2.27.